The van der Waals surface area contributed by atoms with Crippen molar-refractivity contribution in [3.63, 3.8) is 0 Å². The van der Waals surface area contributed by atoms with Crippen LogP contribution in [0.1, 0.15) is 42.1 Å². The molecule has 2 aliphatic heterocycles. The van der Waals surface area contributed by atoms with Crippen molar-refractivity contribution in [2.24, 2.45) is 5.92 Å². The zero-order chi connectivity index (χ0) is 25.9. The summed E-state index contributed by atoms with van der Waals surface area (Å²) in [6.07, 6.45) is 0.338. The van der Waals surface area contributed by atoms with E-state index < -0.39 is 35.0 Å². The number of ketones is 2. The molecule has 0 saturated carbocycles. The van der Waals surface area contributed by atoms with Crippen molar-refractivity contribution < 1.29 is 33.3 Å². The first-order chi connectivity index (χ1) is 17.2. The van der Waals surface area contributed by atoms with Gasteiger partial charge in [-0.2, -0.15) is 11.3 Å². The first-order valence-corrected chi connectivity index (χ1v) is 12.6. The molecule has 3 unspecified atom stereocenters. The number of esters is 1. The van der Waals surface area contributed by atoms with Crippen LogP contribution in [0.5, 0.6) is 17.2 Å². The number of carbonyl (C=O) groups is 3. The number of benzene rings is 1. The second-order valence-electron chi connectivity index (χ2n) is 8.94. The zero-order valence-electron chi connectivity index (χ0n) is 20.3. The predicted octanol–water partition coefficient (Wildman–Crippen LogP) is 4.43. The van der Waals surface area contributed by atoms with Gasteiger partial charge < -0.3 is 24.3 Å². The van der Waals surface area contributed by atoms with E-state index in [1.54, 1.807) is 13.8 Å². The van der Waals surface area contributed by atoms with Crippen LogP contribution in [0.3, 0.4) is 0 Å². The Morgan fingerprint density at radius 2 is 1.92 bits per heavy atom. The highest BCUT2D eigenvalue weighted by Crippen LogP contribution is 2.56. The van der Waals surface area contributed by atoms with E-state index in [9.17, 15) is 14.4 Å². The molecule has 36 heavy (non-hydrogen) atoms. The van der Waals surface area contributed by atoms with Crippen LogP contribution in [0, 0.1) is 5.92 Å². The summed E-state index contributed by atoms with van der Waals surface area (Å²) in [4.78, 5) is 41.4. The van der Waals surface area contributed by atoms with Crippen LogP contribution < -0.4 is 19.5 Å². The maximum absolute atomic E-state index is 14.5. The smallest absolute Gasteiger partial charge is 0.336 e. The lowest BCUT2D eigenvalue weighted by Crippen LogP contribution is -2.58. The van der Waals surface area contributed by atoms with Crippen molar-refractivity contribution in [3.05, 3.63) is 61.6 Å². The molecule has 3 aliphatic rings. The number of allylic oxidation sites excluding steroid dienone is 2. The van der Waals surface area contributed by atoms with E-state index >= 15 is 0 Å². The minimum Gasteiger partial charge on any atom is -0.496 e. The van der Waals surface area contributed by atoms with E-state index in [2.05, 4.69) is 5.32 Å². The Hall–Kier alpha value is -3.30. The molecule has 0 saturated heterocycles. The van der Waals surface area contributed by atoms with Gasteiger partial charge in [-0.05, 0) is 35.7 Å². The number of Topliss-reactive ketones (excluding diaryl/α,β-unsaturated/α-hetero) is 2. The quantitative estimate of drug-likeness (QED) is 0.458. The molecule has 1 aromatic heterocycles. The highest BCUT2D eigenvalue weighted by atomic mass is 35.5. The van der Waals surface area contributed by atoms with E-state index in [1.165, 1.54) is 38.7 Å². The predicted molar refractivity (Wildman–Crippen MR) is 133 cm³/mol. The Kier molecular flexibility index (Phi) is 5.88. The fourth-order valence-corrected chi connectivity index (χ4v) is 6.38. The molecule has 1 aliphatic carbocycles. The molecule has 5 rings (SSSR count). The molecule has 0 amide bonds. The zero-order valence-corrected chi connectivity index (χ0v) is 21.9. The van der Waals surface area contributed by atoms with Gasteiger partial charge in [0.15, 0.2) is 5.75 Å². The van der Waals surface area contributed by atoms with E-state index in [1.807, 2.05) is 16.8 Å². The number of thiophene rings is 1. The van der Waals surface area contributed by atoms with Gasteiger partial charge in [-0.1, -0.05) is 18.5 Å². The van der Waals surface area contributed by atoms with Gasteiger partial charge in [0, 0.05) is 34.9 Å². The molecule has 1 spiro atoms. The van der Waals surface area contributed by atoms with Crippen LogP contribution in [0.4, 0.5) is 0 Å². The lowest BCUT2D eigenvalue weighted by Gasteiger charge is -2.42. The van der Waals surface area contributed by atoms with Crippen LogP contribution in [-0.4, -0.2) is 44.5 Å². The first-order valence-electron chi connectivity index (χ1n) is 11.3. The summed E-state index contributed by atoms with van der Waals surface area (Å²) in [7, 11) is 4.15. The van der Waals surface area contributed by atoms with Crippen molar-refractivity contribution in [2.45, 2.75) is 31.8 Å². The highest BCUT2D eigenvalue weighted by Gasteiger charge is 2.63. The van der Waals surface area contributed by atoms with Crippen molar-refractivity contribution in [1.82, 2.24) is 5.32 Å². The van der Waals surface area contributed by atoms with Crippen molar-refractivity contribution in [3.8, 4) is 17.2 Å². The Morgan fingerprint density at radius 1 is 1.19 bits per heavy atom. The Bertz CT molecular complexity index is 1380. The minimum atomic E-state index is -1.87. The van der Waals surface area contributed by atoms with E-state index in [4.69, 9.17) is 30.5 Å². The number of fused-ring (bicyclic) bond motifs is 1. The van der Waals surface area contributed by atoms with Gasteiger partial charge in [-0.15, -0.1) is 0 Å². The van der Waals surface area contributed by atoms with Crippen LogP contribution >= 0.6 is 22.9 Å². The lowest BCUT2D eigenvalue weighted by molar-refractivity contribution is -0.136. The standard InChI is InChI=1S/C26H24ClNO7S/c1-11-8-14-19(18(13-6-7-36-10-13)17(12(2)28-14)25(31)34-5)23(29)26(11)24(30)20-15(32-3)9-16(33-4)21(27)22(20)35-26/h6-7,9-11,18,28H,8H2,1-5H3. The maximum atomic E-state index is 14.5. The summed E-state index contributed by atoms with van der Waals surface area (Å²) in [5.41, 5.74) is 0.864. The molecule has 8 nitrogen and oxygen atoms in total. The van der Waals surface area contributed by atoms with Crippen LogP contribution in [0.25, 0.3) is 0 Å². The largest absolute Gasteiger partial charge is 0.496 e. The average molecular weight is 530 g/mol. The number of hydrogen-bond acceptors (Lipinski definition) is 9. The van der Waals surface area contributed by atoms with Gasteiger partial charge >= 0.3 is 5.97 Å². The monoisotopic (exact) mass is 529 g/mol. The molecule has 1 N–H and O–H groups in total. The normalized spacial score (nSPS) is 24.8. The number of rotatable bonds is 4. The molecular weight excluding hydrogens is 506 g/mol. The third-order valence-corrected chi connectivity index (χ3v) is 8.19. The summed E-state index contributed by atoms with van der Waals surface area (Å²) >= 11 is 7.98. The van der Waals surface area contributed by atoms with Crippen LogP contribution in [0.2, 0.25) is 5.02 Å². The van der Waals surface area contributed by atoms with E-state index in [-0.39, 0.29) is 27.8 Å². The molecule has 3 heterocycles. The number of ether oxygens (including phenoxy) is 4. The fourth-order valence-electron chi connectivity index (χ4n) is 5.43. The molecule has 0 bridgehead atoms. The lowest BCUT2D eigenvalue weighted by atomic mass is 9.65. The number of hydrogen-bond donors (Lipinski definition) is 1. The van der Waals surface area contributed by atoms with Gasteiger partial charge in [0.05, 0.1) is 26.9 Å². The highest BCUT2D eigenvalue weighted by molar-refractivity contribution is 7.08. The number of nitrogens with one attached hydrogen (secondary N) is 1. The number of carbonyl (C=O) groups excluding carboxylic acids is 3. The number of halogens is 1. The molecule has 0 radical (unpaired) electrons. The molecule has 188 valence electrons. The van der Waals surface area contributed by atoms with Crippen LogP contribution in [0.15, 0.2) is 45.4 Å². The summed E-state index contributed by atoms with van der Waals surface area (Å²) in [5, 5.41) is 7.07. The molecule has 3 atom stereocenters. The molecule has 0 fully saturated rings. The van der Waals surface area contributed by atoms with Gasteiger partial charge in [0.1, 0.15) is 22.1 Å². The minimum absolute atomic E-state index is 0.0536. The number of methoxy groups -OCH3 is 3. The summed E-state index contributed by atoms with van der Waals surface area (Å²) in [5.74, 6) is -2.35. The number of dihydropyridines is 1. The van der Waals surface area contributed by atoms with Gasteiger partial charge in [0.2, 0.25) is 17.2 Å². The van der Waals surface area contributed by atoms with E-state index in [0.717, 1.165) is 5.56 Å². The third-order valence-electron chi connectivity index (χ3n) is 7.13. The second kappa shape index (κ2) is 8.67. The molecule has 1 aromatic carbocycles. The summed E-state index contributed by atoms with van der Waals surface area (Å²) in [6, 6.07) is 3.36. The van der Waals surface area contributed by atoms with Crippen molar-refractivity contribution in [1.29, 1.82) is 0 Å². The molecule has 10 heteroatoms. The topological polar surface area (TPSA) is 100 Å². The van der Waals surface area contributed by atoms with Gasteiger partial charge in [-0.25, -0.2) is 4.79 Å². The second-order valence-corrected chi connectivity index (χ2v) is 10.1. The average Bonchev–Trinajstić information content (AvgIpc) is 3.50. The Morgan fingerprint density at radius 3 is 2.53 bits per heavy atom. The van der Waals surface area contributed by atoms with Gasteiger partial charge in [0.25, 0.3) is 0 Å². The summed E-state index contributed by atoms with van der Waals surface area (Å²) in [6.45, 7) is 3.57. The van der Waals surface area contributed by atoms with Crippen molar-refractivity contribution in [2.75, 3.05) is 21.3 Å². The maximum Gasteiger partial charge on any atom is 0.336 e. The molecular formula is C26H24ClNO7S. The van der Waals surface area contributed by atoms with Gasteiger partial charge in [-0.3, -0.25) is 9.59 Å². The van der Waals surface area contributed by atoms with Crippen molar-refractivity contribution >= 4 is 40.5 Å². The SMILES string of the molecule is COC(=O)C1=C(C)NC2=C(C(=O)C3(Oc4c(Cl)c(OC)cc(OC)c4C3=O)C(C)C2)C1c1ccsc1. The summed E-state index contributed by atoms with van der Waals surface area (Å²) < 4.78 is 22.1. The molecule has 2 aromatic rings. The first kappa shape index (κ1) is 24.4. The third kappa shape index (κ3) is 3.15. The van der Waals surface area contributed by atoms with E-state index in [0.29, 0.717) is 29.0 Å². The Labute approximate surface area is 216 Å². The fraction of sp³-hybridized carbons (Fsp3) is 0.346. The van der Waals surface area contributed by atoms with Crippen LogP contribution in [-0.2, 0) is 14.3 Å². The Balaban J connectivity index is 1.70.